The summed E-state index contributed by atoms with van der Waals surface area (Å²) in [4.78, 5) is 18.7. The zero-order chi connectivity index (χ0) is 27.6. The highest BCUT2D eigenvalue weighted by molar-refractivity contribution is 7.91. The highest BCUT2D eigenvalue weighted by Gasteiger charge is 2.27. The Morgan fingerprint density at radius 1 is 0.974 bits per heavy atom. The molecule has 1 aliphatic rings. The van der Waals surface area contributed by atoms with Gasteiger partial charge in [-0.25, -0.2) is 17.2 Å². The molecule has 9 heteroatoms. The Bertz CT molecular complexity index is 1420. The van der Waals surface area contributed by atoms with Crippen molar-refractivity contribution in [2.24, 2.45) is 5.92 Å². The van der Waals surface area contributed by atoms with E-state index in [2.05, 4.69) is 22.1 Å². The van der Waals surface area contributed by atoms with Gasteiger partial charge in [0.15, 0.2) is 11.6 Å². The summed E-state index contributed by atoms with van der Waals surface area (Å²) in [6, 6.07) is 11.3. The average Bonchev–Trinajstić information content (AvgIpc) is 2.91. The molecule has 6 nitrogen and oxygen atoms in total. The van der Waals surface area contributed by atoms with E-state index in [1.54, 1.807) is 18.3 Å². The minimum absolute atomic E-state index is 0.0329. The van der Waals surface area contributed by atoms with Crippen LogP contribution in [0.15, 0.2) is 64.5 Å². The molecular formula is C29H33F2N3O3S. The van der Waals surface area contributed by atoms with Gasteiger partial charge in [0.05, 0.1) is 21.7 Å². The molecule has 1 aromatic heterocycles. The largest absolute Gasteiger partial charge is 0.324 e. The van der Waals surface area contributed by atoms with Crippen LogP contribution in [0, 0.1) is 24.5 Å². The first-order valence-electron chi connectivity index (χ1n) is 12.8. The second-order valence-corrected chi connectivity index (χ2v) is 12.1. The zero-order valence-corrected chi connectivity index (χ0v) is 22.9. The molecule has 4 rings (SSSR count). The van der Waals surface area contributed by atoms with Gasteiger partial charge in [-0.1, -0.05) is 26.0 Å². The molecule has 3 aromatic rings. The lowest BCUT2D eigenvalue weighted by atomic mass is 9.87. The normalized spacial score (nSPS) is 16.0. The van der Waals surface area contributed by atoms with Crippen LogP contribution in [-0.2, 0) is 14.6 Å². The van der Waals surface area contributed by atoms with Gasteiger partial charge in [-0.15, -0.1) is 0 Å². The molecule has 0 aliphatic carbocycles. The SMILES string of the molecule is Cc1ncc(NC(=O)C(C)C)cc1C1CCN(C(C)c2ccc(S(=O)(=O)c3ccc(F)c(F)c3)cc2)CC1. The number of carbonyl (C=O) groups excluding carboxylic acids is 1. The van der Waals surface area contributed by atoms with E-state index in [-0.39, 0.29) is 27.7 Å². The Labute approximate surface area is 223 Å². The first-order chi connectivity index (χ1) is 18.0. The van der Waals surface area contributed by atoms with Gasteiger partial charge in [-0.2, -0.15) is 0 Å². The van der Waals surface area contributed by atoms with E-state index >= 15 is 0 Å². The molecule has 2 aromatic carbocycles. The van der Waals surface area contributed by atoms with Gasteiger partial charge in [0, 0.05) is 17.7 Å². The van der Waals surface area contributed by atoms with Gasteiger partial charge in [0.25, 0.3) is 0 Å². The van der Waals surface area contributed by atoms with E-state index in [1.165, 1.54) is 12.1 Å². The molecule has 1 fully saturated rings. The van der Waals surface area contributed by atoms with E-state index in [0.29, 0.717) is 12.0 Å². The number of halogens is 2. The molecule has 1 unspecified atom stereocenters. The van der Waals surface area contributed by atoms with Crippen LogP contribution in [0.4, 0.5) is 14.5 Å². The molecule has 1 saturated heterocycles. The lowest BCUT2D eigenvalue weighted by Gasteiger charge is -2.36. The molecule has 1 amide bonds. The van der Waals surface area contributed by atoms with Crippen LogP contribution >= 0.6 is 0 Å². The Balaban J connectivity index is 1.42. The van der Waals surface area contributed by atoms with Gasteiger partial charge in [-0.05, 0) is 93.2 Å². The Morgan fingerprint density at radius 2 is 1.61 bits per heavy atom. The fourth-order valence-corrected chi connectivity index (χ4v) is 6.10. The molecule has 2 heterocycles. The third-order valence-corrected chi connectivity index (χ3v) is 9.08. The lowest BCUT2D eigenvalue weighted by molar-refractivity contribution is -0.118. The summed E-state index contributed by atoms with van der Waals surface area (Å²) in [5.74, 6) is -2.09. The number of hydrogen-bond acceptors (Lipinski definition) is 5. The predicted molar refractivity (Wildman–Crippen MR) is 143 cm³/mol. The maximum absolute atomic E-state index is 13.6. The number of carbonyl (C=O) groups is 1. The van der Waals surface area contributed by atoms with Crippen LogP contribution < -0.4 is 5.32 Å². The second-order valence-electron chi connectivity index (χ2n) is 10.2. The van der Waals surface area contributed by atoms with E-state index in [4.69, 9.17) is 0 Å². The van der Waals surface area contributed by atoms with Crippen molar-refractivity contribution in [2.75, 3.05) is 18.4 Å². The highest BCUT2D eigenvalue weighted by atomic mass is 32.2. The fourth-order valence-electron chi connectivity index (χ4n) is 4.83. The summed E-state index contributed by atoms with van der Waals surface area (Å²) in [6.07, 6.45) is 3.58. The number of piperidine rings is 1. The van der Waals surface area contributed by atoms with Crippen LogP contribution in [0.1, 0.15) is 62.4 Å². The van der Waals surface area contributed by atoms with Crippen LogP contribution in [0.2, 0.25) is 0 Å². The standard InChI is InChI=1S/C29H33F2N3O3S/c1-18(2)29(35)33-23-15-26(19(3)32-17-23)22-11-13-34(14-12-22)20(4)21-5-7-24(8-6-21)38(36,37)25-9-10-27(30)28(31)16-25/h5-10,15-18,20,22H,11-14H2,1-4H3,(H,33,35). The molecule has 0 bridgehead atoms. The molecule has 1 N–H and O–H groups in total. The Kier molecular flexibility index (Phi) is 8.28. The van der Waals surface area contributed by atoms with Gasteiger partial charge < -0.3 is 5.32 Å². The second kappa shape index (κ2) is 11.3. The van der Waals surface area contributed by atoms with Gasteiger partial charge in [0.1, 0.15) is 0 Å². The first kappa shape index (κ1) is 27.9. The van der Waals surface area contributed by atoms with Crippen molar-refractivity contribution in [3.05, 3.63) is 83.2 Å². The number of nitrogens with zero attached hydrogens (tertiary/aromatic N) is 2. The summed E-state index contributed by atoms with van der Waals surface area (Å²) < 4.78 is 52.6. The van der Waals surface area contributed by atoms with Gasteiger partial charge >= 0.3 is 0 Å². The van der Waals surface area contributed by atoms with Crippen molar-refractivity contribution in [2.45, 2.75) is 62.3 Å². The van der Waals surface area contributed by atoms with Crippen molar-refractivity contribution in [3.8, 4) is 0 Å². The average molecular weight is 542 g/mol. The maximum atomic E-state index is 13.6. The van der Waals surface area contributed by atoms with Crippen molar-refractivity contribution < 1.29 is 22.0 Å². The van der Waals surface area contributed by atoms with Crippen molar-refractivity contribution in [3.63, 3.8) is 0 Å². The first-order valence-corrected chi connectivity index (χ1v) is 14.3. The summed E-state index contributed by atoms with van der Waals surface area (Å²) >= 11 is 0. The van der Waals surface area contributed by atoms with Crippen LogP contribution in [0.5, 0.6) is 0 Å². The number of hydrogen-bond donors (Lipinski definition) is 1. The number of likely N-dealkylation sites (tertiary alicyclic amines) is 1. The number of rotatable bonds is 7. The van der Waals surface area contributed by atoms with Crippen molar-refractivity contribution in [1.82, 2.24) is 9.88 Å². The molecule has 0 radical (unpaired) electrons. The van der Waals surface area contributed by atoms with Crippen LogP contribution in [-0.4, -0.2) is 37.3 Å². The van der Waals surface area contributed by atoms with Crippen molar-refractivity contribution >= 4 is 21.4 Å². The summed E-state index contributed by atoms with van der Waals surface area (Å²) in [7, 11) is -3.96. The van der Waals surface area contributed by atoms with Crippen LogP contribution in [0.3, 0.4) is 0 Å². The Morgan fingerprint density at radius 3 is 2.21 bits per heavy atom. The van der Waals surface area contributed by atoms with Crippen molar-refractivity contribution in [1.29, 1.82) is 0 Å². The molecule has 202 valence electrons. The van der Waals surface area contributed by atoms with E-state index in [9.17, 15) is 22.0 Å². The zero-order valence-electron chi connectivity index (χ0n) is 22.0. The number of anilines is 1. The number of aromatic nitrogens is 1. The van der Waals surface area contributed by atoms with E-state index < -0.39 is 21.5 Å². The predicted octanol–water partition coefficient (Wildman–Crippen LogP) is 6.04. The highest BCUT2D eigenvalue weighted by Crippen LogP contribution is 2.34. The summed E-state index contributed by atoms with van der Waals surface area (Å²) in [6.45, 7) is 9.52. The van der Waals surface area contributed by atoms with Gasteiger partial charge in [-0.3, -0.25) is 14.7 Å². The number of aryl methyl sites for hydroxylation is 1. The molecule has 1 atom stereocenters. The number of benzene rings is 2. The molecular weight excluding hydrogens is 508 g/mol. The topological polar surface area (TPSA) is 79.4 Å². The monoisotopic (exact) mass is 541 g/mol. The maximum Gasteiger partial charge on any atom is 0.226 e. The number of sulfone groups is 1. The van der Waals surface area contributed by atoms with E-state index in [1.807, 2.05) is 26.8 Å². The van der Waals surface area contributed by atoms with Gasteiger partial charge in [0.2, 0.25) is 15.7 Å². The minimum Gasteiger partial charge on any atom is -0.324 e. The smallest absolute Gasteiger partial charge is 0.226 e. The Hall–Kier alpha value is -3.17. The lowest BCUT2D eigenvalue weighted by Crippen LogP contribution is -2.35. The molecule has 0 spiro atoms. The van der Waals surface area contributed by atoms with E-state index in [0.717, 1.165) is 60.6 Å². The third kappa shape index (κ3) is 5.94. The molecule has 0 saturated carbocycles. The fraction of sp³-hybridized carbons (Fsp3) is 0.379. The minimum atomic E-state index is -3.96. The molecule has 1 aliphatic heterocycles. The number of amides is 1. The van der Waals surface area contributed by atoms with Crippen LogP contribution in [0.25, 0.3) is 0 Å². The molecule has 38 heavy (non-hydrogen) atoms. The number of nitrogens with one attached hydrogen (secondary N) is 1. The quantitative estimate of drug-likeness (QED) is 0.369. The third-order valence-electron chi connectivity index (χ3n) is 7.31. The number of pyridine rings is 1. The summed E-state index contributed by atoms with van der Waals surface area (Å²) in [5.41, 5.74) is 3.82. The summed E-state index contributed by atoms with van der Waals surface area (Å²) in [5, 5.41) is 2.94.